The summed E-state index contributed by atoms with van der Waals surface area (Å²) in [6, 6.07) is 0. The van der Waals surface area contributed by atoms with Gasteiger partial charge in [-0.1, -0.05) is 39.5 Å². The van der Waals surface area contributed by atoms with Crippen LogP contribution in [-0.4, -0.2) is 24.4 Å². The maximum absolute atomic E-state index is 9.37. The molecule has 0 radical (unpaired) electrons. The zero-order valence-electron chi connectivity index (χ0n) is 10.3. The Labute approximate surface area is 94.0 Å². The third kappa shape index (κ3) is 4.52. The van der Waals surface area contributed by atoms with Gasteiger partial charge in [-0.15, -0.1) is 0 Å². The molecule has 0 aliphatic heterocycles. The molecule has 2 heteroatoms. The molecule has 1 fully saturated rings. The molecule has 1 aliphatic carbocycles. The summed E-state index contributed by atoms with van der Waals surface area (Å²) in [6.07, 6.45) is 9.05. The predicted octanol–water partition coefficient (Wildman–Crippen LogP) is 3.13. The van der Waals surface area contributed by atoms with E-state index in [-0.39, 0.29) is 12.0 Å². The van der Waals surface area contributed by atoms with Gasteiger partial charge in [-0.2, -0.15) is 0 Å². The van der Waals surface area contributed by atoms with Crippen LogP contribution in [0.15, 0.2) is 0 Å². The zero-order valence-corrected chi connectivity index (χ0v) is 10.3. The minimum absolute atomic E-state index is 0.0216. The fourth-order valence-corrected chi connectivity index (χ4v) is 2.35. The summed E-state index contributed by atoms with van der Waals surface area (Å²) in [5.74, 6) is 0. The van der Waals surface area contributed by atoms with Crippen molar-refractivity contribution in [2.75, 3.05) is 13.2 Å². The Kier molecular flexibility index (Phi) is 5.62. The lowest BCUT2D eigenvalue weighted by atomic mass is 9.87. The molecule has 15 heavy (non-hydrogen) atoms. The molecule has 0 heterocycles. The van der Waals surface area contributed by atoms with Crippen LogP contribution in [-0.2, 0) is 4.74 Å². The first-order valence-corrected chi connectivity index (χ1v) is 6.42. The molecular weight excluding hydrogens is 188 g/mol. The van der Waals surface area contributed by atoms with Crippen LogP contribution in [0, 0.1) is 5.41 Å². The summed E-state index contributed by atoms with van der Waals surface area (Å²) in [7, 11) is 0. The van der Waals surface area contributed by atoms with Crippen LogP contribution in [0.4, 0.5) is 0 Å². The van der Waals surface area contributed by atoms with E-state index in [1.54, 1.807) is 0 Å². The first-order valence-electron chi connectivity index (χ1n) is 6.42. The molecular formula is C13H26O2. The molecule has 1 N–H and O–H groups in total. The first-order chi connectivity index (χ1) is 7.20. The molecule has 0 aromatic carbocycles. The lowest BCUT2D eigenvalue weighted by Crippen LogP contribution is -2.31. The number of aliphatic hydroxyl groups is 1. The van der Waals surface area contributed by atoms with Gasteiger partial charge in [0.25, 0.3) is 0 Å². The van der Waals surface area contributed by atoms with Crippen LogP contribution < -0.4 is 0 Å². The van der Waals surface area contributed by atoms with Crippen LogP contribution in [0.3, 0.4) is 0 Å². The number of ether oxygens (including phenoxy) is 1. The predicted molar refractivity (Wildman–Crippen MR) is 62.9 cm³/mol. The van der Waals surface area contributed by atoms with E-state index in [1.807, 2.05) is 0 Å². The molecule has 90 valence electrons. The Bertz CT molecular complexity index is 164. The molecule has 0 aromatic rings. The van der Waals surface area contributed by atoms with Crippen molar-refractivity contribution in [1.82, 2.24) is 0 Å². The van der Waals surface area contributed by atoms with Crippen molar-refractivity contribution in [2.45, 2.75) is 64.9 Å². The summed E-state index contributed by atoms with van der Waals surface area (Å²) >= 11 is 0. The molecule has 2 nitrogen and oxygen atoms in total. The topological polar surface area (TPSA) is 29.5 Å². The summed E-state index contributed by atoms with van der Waals surface area (Å²) < 4.78 is 5.93. The third-order valence-corrected chi connectivity index (χ3v) is 3.45. The summed E-state index contributed by atoms with van der Waals surface area (Å²) in [5.41, 5.74) is -0.0216. The summed E-state index contributed by atoms with van der Waals surface area (Å²) in [4.78, 5) is 0. The molecule has 1 unspecified atom stereocenters. The van der Waals surface area contributed by atoms with E-state index in [2.05, 4.69) is 13.8 Å². The van der Waals surface area contributed by atoms with Gasteiger partial charge in [-0.05, 0) is 19.3 Å². The van der Waals surface area contributed by atoms with Crippen molar-refractivity contribution < 1.29 is 9.84 Å². The molecule has 0 amide bonds. The highest BCUT2D eigenvalue weighted by atomic mass is 16.5. The molecule has 0 saturated heterocycles. The van der Waals surface area contributed by atoms with Crippen molar-refractivity contribution in [1.29, 1.82) is 0 Å². The molecule has 1 aliphatic rings. The second-order valence-corrected chi connectivity index (χ2v) is 5.29. The van der Waals surface area contributed by atoms with E-state index < -0.39 is 0 Å². The highest BCUT2D eigenvalue weighted by Gasteiger charge is 2.25. The maximum atomic E-state index is 9.37. The van der Waals surface area contributed by atoms with E-state index in [0.29, 0.717) is 6.10 Å². The highest BCUT2D eigenvalue weighted by Crippen LogP contribution is 2.26. The van der Waals surface area contributed by atoms with Crippen LogP contribution >= 0.6 is 0 Å². The quantitative estimate of drug-likeness (QED) is 0.736. The number of aliphatic hydroxyl groups excluding tert-OH is 1. The average Bonchev–Trinajstić information content (AvgIpc) is 2.28. The van der Waals surface area contributed by atoms with E-state index in [0.717, 1.165) is 19.4 Å². The van der Waals surface area contributed by atoms with Gasteiger partial charge in [0, 0.05) is 5.41 Å². The van der Waals surface area contributed by atoms with E-state index in [1.165, 1.54) is 32.1 Å². The van der Waals surface area contributed by atoms with Crippen molar-refractivity contribution in [2.24, 2.45) is 5.41 Å². The number of rotatable bonds is 6. The number of hydrogen-bond donors (Lipinski definition) is 1. The Balaban J connectivity index is 2.25. The van der Waals surface area contributed by atoms with Gasteiger partial charge >= 0.3 is 0 Å². The Hall–Kier alpha value is -0.0800. The van der Waals surface area contributed by atoms with Crippen molar-refractivity contribution in [3.8, 4) is 0 Å². The lowest BCUT2D eigenvalue weighted by molar-refractivity contribution is -0.0412. The Morgan fingerprint density at radius 1 is 1.27 bits per heavy atom. The largest absolute Gasteiger partial charge is 0.396 e. The average molecular weight is 214 g/mol. The third-order valence-electron chi connectivity index (χ3n) is 3.45. The number of hydrogen-bond acceptors (Lipinski definition) is 2. The Morgan fingerprint density at radius 3 is 2.47 bits per heavy atom. The molecule has 1 rings (SSSR count). The second-order valence-electron chi connectivity index (χ2n) is 5.29. The van der Waals surface area contributed by atoms with Gasteiger partial charge in [-0.25, -0.2) is 0 Å². The van der Waals surface area contributed by atoms with Gasteiger partial charge in [0.05, 0.1) is 19.3 Å². The lowest BCUT2D eigenvalue weighted by Gasteiger charge is -2.30. The minimum Gasteiger partial charge on any atom is -0.396 e. The molecule has 0 bridgehead atoms. The summed E-state index contributed by atoms with van der Waals surface area (Å²) in [5, 5.41) is 9.37. The molecule has 1 saturated carbocycles. The van der Waals surface area contributed by atoms with Crippen LogP contribution in [0.1, 0.15) is 58.8 Å². The second kappa shape index (κ2) is 6.49. The van der Waals surface area contributed by atoms with Gasteiger partial charge in [0.1, 0.15) is 0 Å². The van der Waals surface area contributed by atoms with Gasteiger partial charge in [0.15, 0.2) is 0 Å². The van der Waals surface area contributed by atoms with E-state index >= 15 is 0 Å². The SMILES string of the molecule is CCCC(C)(CO)COC1CCCCC1. The fourth-order valence-electron chi connectivity index (χ4n) is 2.35. The summed E-state index contributed by atoms with van der Waals surface area (Å²) in [6.45, 7) is 5.25. The van der Waals surface area contributed by atoms with Crippen molar-refractivity contribution in [3.05, 3.63) is 0 Å². The fraction of sp³-hybridized carbons (Fsp3) is 1.00. The van der Waals surface area contributed by atoms with Gasteiger partial charge in [-0.3, -0.25) is 0 Å². The molecule has 0 spiro atoms. The maximum Gasteiger partial charge on any atom is 0.0575 e. The van der Waals surface area contributed by atoms with Crippen molar-refractivity contribution in [3.63, 3.8) is 0 Å². The first kappa shape index (κ1) is 13.0. The van der Waals surface area contributed by atoms with E-state index in [4.69, 9.17) is 4.74 Å². The monoisotopic (exact) mass is 214 g/mol. The zero-order chi connectivity index (χ0) is 11.1. The highest BCUT2D eigenvalue weighted by molar-refractivity contribution is 4.74. The van der Waals surface area contributed by atoms with Crippen LogP contribution in [0.25, 0.3) is 0 Å². The van der Waals surface area contributed by atoms with Gasteiger partial charge in [0.2, 0.25) is 0 Å². The molecule has 0 aromatic heterocycles. The smallest absolute Gasteiger partial charge is 0.0575 e. The minimum atomic E-state index is -0.0216. The Morgan fingerprint density at radius 2 is 1.93 bits per heavy atom. The molecule has 1 atom stereocenters. The van der Waals surface area contributed by atoms with Crippen LogP contribution in [0.5, 0.6) is 0 Å². The van der Waals surface area contributed by atoms with E-state index in [9.17, 15) is 5.11 Å². The normalized spacial score (nSPS) is 22.6. The van der Waals surface area contributed by atoms with Crippen molar-refractivity contribution >= 4 is 0 Å². The standard InChI is InChI=1S/C13H26O2/c1-3-9-13(2,10-14)11-15-12-7-5-4-6-8-12/h12,14H,3-11H2,1-2H3. The van der Waals surface area contributed by atoms with Crippen LogP contribution in [0.2, 0.25) is 0 Å². The van der Waals surface area contributed by atoms with Gasteiger partial charge < -0.3 is 9.84 Å².